The monoisotopic (exact) mass is 241 g/mol. The third-order valence-electron chi connectivity index (χ3n) is 3.50. The van der Waals surface area contributed by atoms with Crippen LogP contribution in [0.15, 0.2) is 0 Å². The molecule has 0 spiro atoms. The molecule has 0 bridgehead atoms. The van der Waals surface area contributed by atoms with E-state index in [1.165, 1.54) is 6.42 Å². The van der Waals surface area contributed by atoms with Gasteiger partial charge in [-0.25, -0.2) is 4.79 Å². The molecule has 100 valence electrons. The highest BCUT2D eigenvalue weighted by Gasteiger charge is 2.22. The molecule has 0 aromatic rings. The van der Waals surface area contributed by atoms with Crippen molar-refractivity contribution in [1.29, 1.82) is 0 Å². The molecule has 1 rings (SSSR count). The van der Waals surface area contributed by atoms with Crippen molar-refractivity contribution in [3.63, 3.8) is 0 Å². The molecular weight excluding hydrogens is 214 g/mol. The Morgan fingerprint density at radius 1 is 1.29 bits per heavy atom. The van der Waals surface area contributed by atoms with E-state index in [0.717, 1.165) is 25.9 Å². The lowest BCUT2D eigenvalue weighted by atomic mass is 10.0. The maximum absolute atomic E-state index is 11.6. The number of rotatable bonds is 4. The van der Waals surface area contributed by atoms with Gasteiger partial charge >= 0.3 is 6.03 Å². The molecule has 4 heteroatoms. The van der Waals surface area contributed by atoms with Gasteiger partial charge < -0.3 is 15.5 Å². The molecule has 1 unspecified atom stereocenters. The zero-order chi connectivity index (χ0) is 12.8. The lowest BCUT2D eigenvalue weighted by Crippen LogP contribution is -2.50. The van der Waals surface area contributed by atoms with Crippen molar-refractivity contribution in [2.45, 2.75) is 65.1 Å². The maximum Gasteiger partial charge on any atom is 0.315 e. The number of hydrogen-bond acceptors (Lipinski definition) is 2. The molecule has 1 heterocycles. The molecule has 17 heavy (non-hydrogen) atoms. The lowest BCUT2D eigenvalue weighted by molar-refractivity contribution is 0.149. The molecule has 0 aliphatic carbocycles. The Labute approximate surface area is 105 Å². The minimum absolute atomic E-state index is 0.0259. The van der Waals surface area contributed by atoms with Crippen LogP contribution in [0.4, 0.5) is 4.79 Å². The predicted molar refractivity (Wildman–Crippen MR) is 71.2 cm³/mol. The highest BCUT2D eigenvalue weighted by atomic mass is 16.2. The van der Waals surface area contributed by atoms with Crippen molar-refractivity contribution >= 4 is 6.03 Å². The van der Waals surface area contributed by atoms with E-state index in [1.54, 1.807) is 0 Å². The van der Waals surface area contributed by atoms with Crippen molar-refractivity contribution in [2.24, 2.45) is 0 Å². The van der Waals surface area contributed by atoms with E-state index in [2.05, 4.69) is 29.4 Å². The Bertz CT molecular complexity index is 235. The highest BCUT2D eigenvalue weighted by Crippen LogP contribution is 2.14. The summed E-state index contributed by atoms with van der Waals surface area (Å²) in [5.74, 6) is 0. The SMILES string of the molecule is CCC(C)N1CCC(NC(=O)NC(C)C)CC1. The number of nitrogens with zero attached hydrogens (tertiary/aromatic N) is 1. The second kappa shape index (κ2) is 6.84. The second-order valence-corrected chi connectivity index (χ2v) is 5.34. The van der Waals surface area contributed by atoms with Crippen molar-refractivity contribution in [3.05, 3.63) is 0 Å². The van der Waals surface area contributed by atoms with Crippen molar-refractivity contribution < 1.29 is 4.79 Å². The summed E-state index contributed by atoms with van der Waals surface area (Å²) < 4.78 is 0. The van der Waals surface area contributed by atoms with E-state index in [1.807, 2.05) is 13.8 Å². The van der Waals surface area contributed by atoms with Gasteiger partial charge in [-0.05, 0) is 40.0 Å². The van der Waals surface area contributed by atoms with Crippen LogP contribution in [0.1, 0.15) is 47.0 Å². The van der Waals surface area contributed by atoms with Gasteiger partial charge in [-0.15, -0.1) is 0 Å². The standard InChI is InChI=1S/C13H27N3O/c1-5-11(4)16-8-6-12(7-9-16)15-13(17)14-10(2)3/h10-12H,5-9H2,1-4H3,(H2,14,15,17). The van der Waals surface area contributed by atoms with E-state index in [0.29, 0.717) is 12.1 Å². The molecular formula is C13H27N3O. The average Bonchev–Trinajstić information content (AvgIpc) is 2.28. The molecule has 1 aliphatic rings. The molecule has 1 saturated heterocycles. The van der Waals surface area contributed by atoms with Gasteiger partial charge in [-0.1, -0.05) is 6.92 Å². The molecule has 4 nitrogen and oxygen atoms in total. The first-order chi connectivity index (χ1) is 8.02. The van der Waals surface area contributed by atoms with Crippen LogP contribution in [-0.2, 0) is 0 Å². The average molecular weight is 241 g/mol. The number of nitrogens with one attached hydrogen (secondary N) is 2. The van der Waals surface area contributed by atoms with Crippen LogP contribution in [-0.4, -0.2) is 42.1 Å². The molecule has 1 atom stereocenters. The van der Waals surface area contributed by atoms with Gasteiger partial charge in [0.1, 0.15) is 0 Å². The topological polar surface area (TPSA) is 44.4 Å². The van der Waals surface area contributed by atoms with E-state index in [9.17, 15) is 4.79 Å². The number of carbonyl (C=O) groups excluding carboxylic acids is 1. The molecule has 0 aromatic heterocycles. The third-order valence-corrected chi connectivity index (χ3v) is 3.50. The molecule has 0 radical (unpaired) electrons. The number of carbonyl (C=O) groups is 1. The van der Waals surface area contributed by atoms with Crippen LogP contribution in [0.3, 0.4) is 0 Å². The first-order valence-corrected chi connectivity index (χ1v) is 6.84. The summed E-state index contributed by atoms with van der Waals surface area (Å²) in [5, 5.41) is 5.92. The highest BCUT2D eigenvalue weighted by molar-refractivity contribution is 5.74. The summed E-state index contributed by atoms with van der Waals surface area (Å²) in [5.41, 5.74) is 0. The summed E-state index contributed by atoms with van der Waals surface area (Å²) in [6, 6.07) is 1.19. The van der Waals surface area contributed by atoms with Crippen molar-refractivity contribution in [3.8, 4) is 0 Å². The number of urea groups is 1. The predicted octanol–water partition coefficient (Wildman–Crippen LogP) is 1.96. The van der Waals surface area contributed by atoms with Crippen LogP contribution in [0, 0.1) is 0 Å². The smallest absolute Gasteiger partial charge is 0.315 e. The van der Waals surface area contributed by atoms with Crippen molar-refractivity contribution in [1.82, 2.24) is 15.5 Å². The Kier molecular flexibility index (Phi) is 5.75. The van der Waals surface area contributed by atoms with Crippen LogP contribution in [0.2, 0.25) is 0 Å². The minimum atomic E-state index is -0.0259. The number of likely N-dealkylation sites (tertiary alicyclic amines) is 1. The van der Waals surface area contributed by atoms with Gasteiger partial charge in [0.25, 0.3) is 0 Å². The van der Waals surface area contributed by atoms with E-state index in [-0.39, 0.29) is 12.1 Å². The van der Waals surface area contributed by atoms with Crippen LogP contribution in [0.25, 0.3) is 0 Å². The third kappa shape index (κ3) is 4.94. The Balaban J connectivity index is 2.25. The fourth-order valence-corrected chi connectivity index (χ4v) is 2.23. The minimum Gasteiger partial charge on any atom is -0.336 e. The quantitative estimate of drug-likeness (QED) is 0.790. The van der Waals surface area contributed by atoms with E-state index in [4.69, 9.17) is 0 Å². The maximum atomic E-state index is 11.6. The second-order valence-electron chi connectivity index (χ2n) is 5.34. The number of amides is 2. The zero-order valence-electron chi connectivity index (χ0n) is 11.6. The van der Waals surface area contributed by atoms with Crippen LogP contribution in [0.5, 0.6) is 0 Å². The summed E-state index contributed by atoms with van der Waals surface area (Å²) in [6.45, 7) is 10.7. The first-order valence-electron chi connectivity index (χ1n) is 6.84. The molecule has 1 fully saturated rings. The van der Waals surface area contributed by atoms with Crippen LogP contribution >= 0.6 is 0 Å². The summed E-state index contributed by atoms with van der Waals surface area (Å²) in [4.78, 5) is 14.1. The normalized spacial score (nSPS) is 20.3. The number of piperidine rings is 1. The van der Waals surface area contributed by atoms with Gasteiger partial charge in [-0.2, -0.15) is 0 Å². The van der Waals surface area contributed by atoms with E-state index < -0.39 is 0 Å². The molecule has 1 aliphatic heterocycles. The van der Waals surface area contributed by atoms with Gasteiger partial charge in [0, 0.05) is 31.2 Å². The van der Waals surface area contributed by atoms with Crippen LogP contribution < -0.4 is 10.6 Å². The van der Waals surface area contributed by atoms with E-state index >= 15 is 0 Å². The van der Waals surface area contributed by atoms with Gasteiger partial charge in [0.15, 0.2) is 0 Å². The Morgan fingerprint density at radius 2 is 1.88 bits per heavy atom. The summed E-state index contributed by atoms with van der Waals surface area (Å²) >= 11 is 0. The summed E-state index contributed by atoms with van der Waals surface area (Å²) in [7, 11) is 0. The molecule has 2 N–H and O–H groups in total. The lowest BCUT2D eigenvalue weighted by Gasteiger charge is -2.36. The number of hydrogen-bond donors (Lipinski definition) is 2. The molecule has 0 aromatic carbocycles. The van der Waals surface area contributed by atoms with Gasteiger partial charge in [0.2, 0.25) is 0 Å². The van der Waals surface area contributed by atoms with Gasteiger partial charge in [-0.3, -0.25) is 0 Å². The van der Waals surface area contributed by atoms with Gasteiger partial charge in [0.05, 0.1) is 0 Å². The largest absolute Gasteiger partial charge is 0.336 e. The van der Waals surface area contributed by atoms with Crippen molar-refractivity contribution in [2.75, 3.05) is 13.1 Å². The molecule has 0 saturated carbocycles. The Morgan fingerprint density at radius 3 is 2.35 bits per heavy atom. The Hall–Kier alpha value is -0.770. The summed E-state index contributed by atoms with van der Waals surface area (Å²) in [6.07, 6.45) is 3.33. The fraction of sp³-hybridized carbons (Fsp3) is 0.923. The molecule has 2 amide bonds. The fourth-order valence-electron chi connectivity index (χ4n) is 2.23. The first kappa shape index (κ1) is 14.3. The zero-order valence-corrected chi connectivity index (χ0v) is 11.6.